The summed E-state index contributed by atoms with van der Waals surface area (Å²) in [5.41, 5.74) is 14.9. The summed E-state index contributed by atoms with van der Waals surface area (Å²) in [6.07, 6.45) is 1.17. The molecule has 2 aliphatic heterocycles. The SMILES string of the molecule is CCCN1CCOc2ccc(-c3ccc4c(c3)NNN4)cc2C1. The zero-order valence-corrected chi connectivity index (χ0v) is 13.4. The van der Waals surface area contributed by atoms with E-state index in [0.717, 1.165) is 43.4 Å². The van der Waals surface area contributed by atoms with Crippen LogP contribution in [0.2, 0.25) is 0 Å². The molecule has 0 saturated carbocycles. The van der Waals surface area contributed by atoms with Crippen molar-refractivity contribution in [2.45, 2.75) is 19.9 Å². The summed E-state index contributed by atoms with van der Waals surface area (Å²) in [6, 6.07) is 12.9. The maximum atomic E-state index is 5.92. The molecule has 120 valence electrons. The van der Waals surface area contributed by atoms with Gasteiger partial charge in [0.15, 0.2) is 0 Å². The summed E-state index contributed by atoms with van der Waals surface area (Å²) in [5.74, 6) is 1.02. The van der Waals surface area contributed by atoms with Crippen molar-refractivity contribution in [2.75, 3.05) is 30.5 Å². The molecule has 0 atom stereocenters. The number of nitrogens with zero attached hydrogens (tertiary/aromatic N) is 1. The number of hydrogen-bond donors (Lipinski definition) is 3. The Hall–Kier alpha value is -2.24. The molecule has 0 aliphatic carbocycles. The Kier molecular flexibility index (Phi) is 3.81. The van der Waals surface area contributed by atoms with Crippen LogP contribution in [0.3, 0.4) is 0 Å². The number of ether oxygens (including phenoxy) is 1. The number of rotatable bonds is 3. The highest BCUT2D eigenvalue weighted by molar-refractivity contribution is 5.79. The summed E-state index contributed by atoms with van der Waals surface area (Å²) in [4.78, 5) is 2.47. The lowest BCUT2D eigenvalue weighted by molar-refractivity contribution is 0.226. The molecule has 3 N–H and O–H groups in total. The van der Waals surface area contributed by atoms with Crippen LogP contribution in [-0.2, 0) is 6.54 Å². The van der Waals surface area contributed by atoms with Crippen LogP contribution >= 0.6 is 0 Å². The molecule has 5 heteroatoms. The van der Waals surface area contributed by atoms with Crippen molar-refractivity contribution in [3.8, 4) is 16.9 Å². The van der Waals surface area contributed by atoms with Crippen molar-refractivity contribution in [1.82, 2.24) is 10.4 Å². The molecule has 0 amide bonds. The third kappa shape index (κ3) is 2.85. The van der Waals surface area contributed by atoms with Gasteiger partial charge in [-0.05, 0) is 48.4 Å². The molecule has 0 bridgehead atoms. The van der Waals surface area contributed by atoms with Crippen LogP contribution in [0.4, 0.5) is 11.4 Å². The molecule has 2 aromatic rings. The molecule has 2 heterocycles. The highest BCUT2D eigenvalue weighted by Gasteiger charge is 2.16. The first-order chi connectivity index (χ1) is 11.3. The van der Waals surface area contributed by atoms with E-state index in [-0.39, 0.29) is 0 Å². The van der Waals surface area contributed by atoms with Gasteiger partial charge in [0, 0.05) is 18.7 Å². The summed E-state index contributed by atoms with van der Waals surface area (Å²) >= 11 is 0. The van der Waals surface area contributed by atoms with Gasteiger partial charge in [0.05, 0.1) is 11.4 Å². The van der Waals surface area contributed by atoms with Crippen LogP contribution < -0.4 is 21.1 Å². The average Bonchev–Trinajstić information content (AvgIpc) is 2.94. The van der Waals surface area contributed by atoms with Gasteiger partial charge in [-0.15, -0.1) is 5.53 Å². The van der Waals surface area contributed by atoms with E-state index in [9.17, 15) is 0 Å². The summed E-state index contributed by atoms with van der Waals surface area (Å²) in [6.45, 7) is 6.07. The molecule has 2 aromatic carbocycles. The fourth-order valence-corrected chi connectivity index (χ4v) is 3.24. The minimum atomic E-state index is 0.770. The Labute approximate surface area is 136 Å². The number of hydrazine groups is 2. The standard InChI is InChI=1S/C18H22N4O/c1-2-7-22-8-9-23-18-6-4-13(10-15(18)12-22)14-3-5-16-17(11-14)20-21-19-16/h3-6,10-11,19-21H,2,7-9,12H2,1H3. The monoisotopic (exact) mass is 310 g/mol. The summed E-state index contributed by atoms with van der Waals surface area (Å²) < 4.78 is 5.92. The molecule has 0 aromatic heterocycles. The van der Waals surface area contributed by atoms with Crippen molar-refractivity contribution in [2.24, 2.45) is 0 Å². The molecular formula is C18H22N4O. The van der Waals surface area contributed by atoms with Crippen LogP contribution in [0.15, 0.2) is 36.4 Å². The number of anilines is 2. The zero-order chi connectivity index (χ0) is 15.6. The fraction of sp³-hybridized carbons (Fsp3) is 0.333. The Morgan fingerprint density at radius 3 is 2.78 bits per heavy atom. The smallest absolute Gasteiger partial charge is 0.123 e. The molecule has 0 saturated heterocycles. The van der Waals surface area contributed by atoms with Gasteiger partial charge >= 0.3 is 0 Å². The average molecular weight is 310 g/mol. The number of nitrogens with one attached hydrogen (secondary N) is 3. The molecule has 4 rings (SSSR count). The van der Waals surface area contributed by atoms with Crippen molar-refractivity contribution < 1.29 is 4.74 Å². The van der Waals surface area contributed by atoms with Crippen molar-refractivity contribution in [3.63, 3.8) is 0 Å². The molecule has 5 nitrogen and oxygen atoms in total. The normalized spacial score (nSPS) is 16.6. The van der Waals surface area contributed by atoms with E-state index in [2.05, 4.69) is 64.6 Å². The van der Waals surface area contributed by atoms with E-state index in [1.165, 1.54) is 23.1 Å². The number of benzene rings is 2. The first-order valence-electron chi connectivity index (χ1n) is 8.23. The van der Waals surface area contributed by atoms with Crippen LogP contribution in [0.1, 0.15) is 18.9 Å². The Morgan fingerprint density at radius 2 is 1.87 bits per heavy atom. The van der Waals surface area contributed by atoms with Crippen LogP contribution in [-0.4, -0.2) is 24.6 Å². The molecule has 0 fully saturated rings. The van der Waals surface area contributed by atoms with Crippen LogP contribution in [0.25, 0.3) is 11.1 Å². The van der Waals surface area contributed by atoms with E-state index < -0.39 is 0 Å². The van der Waals surface area contributed by atoms with Gasteiger partial charge in [-0.25, -0.2) is 0 Å². The van der Waals surface area contributed by atoms with Gasteiger partial charge in [0.2, 0.25) is 0 Å². The van der Waals surface area contributed by atoms with E-state index in [1.807, 2.05) is 0 Å². The summed E-state index contributed by atoms with van der Waals surface area (Å²) in [7, 11) is 0. The first kappa shape index (κ1) is 14.4. The Bertz CT molecular complexity index is 716. The Balaban J connectivity index is 1.66. The van der Waals surface area contributed by atoms with Gasteiger partial charge in [-0.3, -0.25) is 4.90 Å². The van der Waals surface area contributed by atoms with E-state index >= 15 is 0 Å². The van der Waals surface area contributed by atoms with Gasteiger partial charge < -0.3 is 15.6 Å². The lowest BCUT2D eigenvalue weighted by atomic mass is 10.0. The molecule has 2 aliphatic rings. The lowest BCUT2D eigenvalue weighted by Gasteiger charge is -2.18. The van der Waals surface area contributed by atoms with E-state index in [0.29, 0.717) is 0 Å². The zero-order valence-electron chi connectivity index (χ0n) is 13.4. The molecule has 0 unspecified atom stereocenters. The summed E-state index contributed by atoms with van der Waals surface area (Å²) in [5, 5.41) is 0. The predicted molar refractivity (Wildman–Crippen MR) is 93.3 cm³/mol. The molecular weight excluding hydrogens is 288 g/mol. The van der Waals surface area contributed by atoms with Crippen LogP contribution in [0.5, 0.6) is 5.75 Å². The van der Waals surface area contributed by atoms with Crippen molar-refractivity contribution in [1.29, 1.82) is 0 Å². The minimum Gasteiger partial charge on any atom is -0.492 e. The molecule has 23 heavy (non-hydrogen) atoms. The fourth-order valence-electron chi connectivity index (χ4n) is 3.24. The highest BCUT2D eigenvalue weighted by atomic mass is 16.5. The van der Waals surface area contributed by atoms with Gasteiger partial charge in [0.1, 0.15) is 12.4 Å². The second-order valence-electron chi connectivity index (χ2n) is 6.08. The minimum absolute atomic E-state index is 0.770. The second kappa shape index (κ2) is 6.10. The van der Waals surface area contributed by atoms with Crippen molar-refractivity contribution in [3.05, 3.63) is 42.0 Å². The maximum Gasteiger partial charge on any atom is 0.123 e. The number of fused-ring (bicyclic) bond motifs is 2. The first-order valence-corrected chi connectivity index (χ1v) is 8.23. The number of hydrogen-bond acceptors (Lipinski definition) is 5. The Morgan fingerprint density at radius 1 is 1.04 bits per heavy atom. The quantitative estimate of drug-likeness (QED) is 0.813. The van der Waals surface area contributed by atoms with Gasteiger partial charge in [-0.1, -0.05) is 19.1 Å². The largest absolute Gasteiger partial charge is 0.492 e. The molecule has 0 spiro atoms. The lowest BCUT2D eigenvalue weighted by Crippen LogP contribution is -2.26. The third-order valence-corrected chi connectivity index (χ3v) is 4.41. The molecule has 0 radical (unpaired) electrons. The second-order valence-corrected chi connectivity index (χ2v) is 6.08. The van der Waals surface area contributed by atoms with Gasteiger partial charge in [0.25, 0.3) is 0 Å². The topological polar surface area (TPSA) is 48.6 Å². The van der Waals surface area contributed by atoms with E-state index in [1.54, 1.807) is 0 Å². The van der Waals surface area contributed by atoms with Crippen molar-refractivity contribution >= 4 is 11.4 Å². The van der Waals surface area contributed by atoms with E-state index in [4.69, 9.17) is 4.74 Å². The van der Waals surface area contributed by atoms with Crippen LogP contribution in [0, 0.1) is 0 Å². The highest BCUT2D eigenvalue weighted by Crippen LogP contribution is 2.33. The maximum absolute atomic E-state index is 5.92. The predicted octanol–water partition coefficient (Wildman–Crippen LogP) is 3.22. The third-order valence-electron chi connectivity index (χ3n) is 4.41. The van der Waals surface area contributed by atoms with Gasteiger partial charge in [-0.2, -0.15) is 0 Å².